The molecule has 14 nitrogen and oxygen atoms in total. The Kier molecular flexibility index (Phi) is 14.9. The van der Waals surface area contributed by atoms with Crippen LogP contribution in [0.5, 0.6) is 0 Å². The molecule has 0 heterocycles. The lowest BCUT2D eigenvalue weighted by Crippen LogP contribution is -2.56. The number of hydrogen-bond acceptors (Lipinski definition) is 8. The Labute approximate surface area is 209 Å². The van der Waals surface area contributed by atoms with Crippen LogP contribution in [0, 0.1) is 11.8 Å². The Morgan fingerprint density at radius 2 is 1.42 bits per heavy atom. The van der Waals surface area contributed by atoms with E-state index in [1.165, 1.54) is 0 Å². The van der Waals surface area contributed by atoms with Crippen molar-refractivity contribution in [2.75, 3.05) is 13.2 Å². The Balaban J connectivity index is 5.22. The molecule has 0 unspecified atom stereocenters. The molecule has 0 saturated heterocycles. The molecule has 0 aliphatic heterocycles. The first kappa shape index (κ1) is 32.7. The third-order valence-electron chi connectivity index (χ3n) is 5.42. The van der Waals surface area contributed by atoms with Gasteiger partial charge >= 0.3 is 11.9 Å². The van der Waals surface area contributed by atoms with Crippen LogP contribution >= 0.6 is 0 Å². The summed E-state index contributed by atoms with van der Waals surface area (Å²) in [5, 5.41) is 36.3. The minimum Gasteiger partial charge on any atom is -0.481 e. The predicted octanol–water partition coefficient (Wildman–Crippen LogP) is -2.08. The number of carbonyl (C=O) groups is 6. The first-order chi connectivity index (χ1) is 16.7. The highest BCUT2D eigenvalue weighted by Crippen LogP contribution is 2.08. The lowest BCUT2D eigenvalue weighted by molar-refractivity contribution is -0.143. The number of amides is 4. The van der Waals surface area contributed by atoms with Gasteiger partial charge in [0.05, 0.1) is 19.2 Å². The lowest BCUT2D eigenvalue weighted by atomic mass is 9.98. The summed E-state index contributed by atoms with van der Waals surface area (Å²) >= 11 is 0. The van der Waals surface area contributed by atoms with Crippen molar-refractivity contribution >= 4 is 35.6 Å². The maximum absolute atomic E-state index is 12.6. The van der Waals surface area contributed by atoms with Gasteiger partial charge in [-0.25, -0.2) is 4.79 Å². The number of hydrogen-bond donors (Lipinski definition) is 8. The van der Waals surface area contributed by atoms with Gasteiger partial charge in [0, 0.05) is 6.42 Å². The molecule has 0 aromatic carbocycles. The van der Waals surface area contributed by atoms with Crippen LogP contribution < -0.4 is 27.0 Å². The second-order valence-electron chi connectivity index (χ2n) is 8.95. The molecule has 206 valence electrons. The largest absolute Gasteiger partial charge is 0.481 e. The Hall–Kier alpha value is -3.26. The molecule has 0 saturated carbocycles. The third-order valence-corrected chi connectivity index (χ3v) is 5.42. The number of nitrogens with two attached hydrogens (primary N) is 1. The molecule has 9 N–H and O–H groups in total. The van der Waals surface area contributed by atoms with Crippen LogP contribution in [0.25, 0.3) is 0 Å². The molecule has 14 heteroatoms. The maximum atomic E-state index is 12.6. The van der Waals surface area contributed by atoms with Crippen LogP contribution in [0.4, 0.5) is 0 Å². The fraction of sp³-hybridized carbons (Fsp3) is 0.727. The smallest absolute Gasteiger partial charge is 0.328 e. The minimum absolute atomic E-state index is 0.0709. The number of aliphatic carboxylic acids is 2. The molecule has 0 aromatic rings. The van der Waals surface area contributed by atoms with Gasteiger partial charge in [0.15, 0.2) is 0 Å². The van der Waals surface area contributed by atoms with Crippen molar-refractivity contribution in [3.63, 3.8) is 0 Å². The van der Waals surface area contributed by atoms with Gasteiger partial charge in [-0.2, -0.15) is 0 Å². The molecular formula is C22H39N5O9. The molecule has 0 spiro atoms. The number of carboxylic acids is 2. The molecule has 0 aliphatic carbocycles. The molecule has 4 amide bonds. The zero-order valence-electron chi connectivity index (χ0n) is 21.1. The summed E-state index contributed by atoms with van der Waals surface area (Å²) in [5.41, 5.74) is 5.87. The fourth-order valence-electron chi connectivity index (χ4n) is 3.01. The molecule has 0 bridgehead atoms. The number of carbonyl (C=O) groups excluding carboxylic acids is 4. The zero-order chi connectivity index (χ0) is 28.0. The summed E-state index contributed by atoms with van der Waals surface area (Å²) in [5.74, 6) is -5.94. The van der Waals surface area contributed by atoms with Crippen LogP contribution in [0.15, 0.2) is 0 Å². The highest BCUT2D eigenvalue weighted by atomic mass is 16.4. The number of rotatable bonds is 17. The second kappa shape index (κ2) is 16.4. The predicted molar refractivity (Wildman–Crippen MR) is 127 cm³/mol. The molecule has 0 aliphatic rings. The third kappa shape index (κ3) is 12.4. The summed E-state index contributed by atoms with van der Waals surface area (Å²) in [4.78, 5) is 71.8. The van der Waals surface area contributed by atoms with E-state index in [4.69, 9.17) is 21.1 Å². The van der Waals surface area contributed by atoms with Crippen LogP contribution in [0.3, 0.4) is 0 Å². The normalized spacial score (nSPS) is 15.1. The fourth-order valence-corrected chi connectivity index (χ4v) is 3.01. The Morgan fingerprint density at radius 1 is 0.833 bits per heavy atom. The molecule has 0 radical (unpaired) electrons. The van der Waals surface area contributed by atoms with Crippen molar-refractivity contribution in [2.24, 2.45) is 17.6 Å². The Morgan fingerprint density at radius 3 is 1.89 bits per heavy atom. The molecular weight excluding hydrogens is 478 g/mol. The number of carboxylic acid groups (broad SMARTS) is 2. The van der Waals surface area contributed by atoms with Crippen molar-refractivity contribution in [2.45, 2.75) is 77.5 Å². The topological polar surface area (TPSA) is 237 Å². The van der Waals surface area contributed by atoms with Crippen LogP contribution in [-0.4, -0.2) is 88.2 Å². The first-order valence-electron chi connectivity index (χ1n) is 11.7. The molecule has 0 fully saturated rings. The molecule has 36 heavy (non-hydrogen) atoms. The summed E-state index contributed by atoms with van der Waals surface area (Å²) in [6.07, 6.45) is 0.0959. The number of aliphatic hydroxyl groups excluding tert-OH is 1. The molecule has 0 rings (SSSR count). The van der Waals surface area contributed by atoms with Crippen molar-refractivity contribution in [3.05, 3.63) is 0 Å². The average Bonchev–Trinajstić information content (AvgIpc) is 2.80. The zero-order valence-corrected chi connectivity index (χ0v) is 21.1. The summed E-state index contributed by atoms with van der Waals surface area (Å²) in [6, 6.07) is -4.86. The van der Waals surface area contributed by atoms with Crippen LogP contribution in [0.1, 0.15) is 53.4 Å². The monoisotopic (exact) mass is 517 g/mol. The summed E-state index contributed by atoms with van der Waals surface area (Å²) in [7, 11) is 0. The van der Waals surface area contributed by atoms with Crippen molar-refractivity contribution in [1.29, 1.82) is 0 Å². The van der Waals surface area contributed by atoms with Gasteiger partial charge < -0.3 is 42.3 Å². The quantitative estimate of drug-likeness (QED) is 0.105. The van der Waals surface area contributed by atoms with E-state index in [2.05, 4.69) is 21.3 Å². The number of aliphatic hydroxyl groups is 1. The summed E-state index contributed by atoms with van der Waals surface area (Å²) < 4.78 is 0. The van der Waals surface area contributed by atoms with Crippen LogP contribution in [-0.2, 0) is 28.8 Å². The molecule has 0 aromatic heterocycles. The lowest BCUT2D eigenvalue weighted by Gasteiger charge is -2.24. The van der Waals surface area contributed by atoms with E-state index in [0.29, 0.717) is 6.42 Å². The minimum atomic E-state index is -1.55. The average molecular weight is 518 g/mol. The Bertz CT molecular complexity index is 790. The van der Waals surface area contributed by atoms with E-state index in [1.807, 2.05) is 6.92 Å². The van der Waals surface area contributed by atoms with Gasteiger partial charge in [0.1, 0.15) is 18.1 Å². The van der Waals surface area contributed by atoms with Gasteiger partial charge in [0.2, 0.25) is 23.6 Å². The van der Waals surface area contributed by atoms with E-state index in [-0.39, 0.29) is 24.7 Å². The second-order valence-corrected chi connectivity index (χ2v) is 8.95. The number of nitrogens with one attached hydrogen (secondary N) is 4. The van der Waals surface area contributed by atoms with Crippen molar-refractivity contribution in [3.8, 4) is 0 Å². The maximum Gasteiger partial charge on any atom is 0.328 e. The van der Waals surface area contributed by atoms with E-state index < -0.39 is 79.3 Å². The van der Waals surface area contributed by atoms with Gasteiger partial charge in [-0.05, 0) is 24.7 Å². The summed E-state index contributed by atoms with van der Waals surface area (Å²) in [6.45, 7) is 5.69. The highest BCUT2D eigenvalue weighted by molar-refractivity contribution is 5.94. The SMILES string of the molecule is CC[C@H](C)[C@H](N)C(=O)N[C@@H](CCC(=O)O)C(=O)NCC(=O)N[C@@H](CC(C)C)C(=O)N[C@@H](CO)C(=O)O. The van der Waals surface area contributed by atoms with Crippen LogP contribution in [0.2, 0.25) is 0 Å². The van der Waals surface area contributed by atoms with E-state index in [1.54, 1.807) is 20.8 Å². The van der Waals surface area contributed by atoms with Crippen molar-refractivity contribution < 1.29 is 44.1 Å². The van der Waals surface area contributed by atoms with Gasteiger partial charge in [0.25, 0.3) is 0 Å². The van der Waals surface area contributed by atoms with Gasteiger partial charge in [-0.1, -0.05) is 34.1 Å². The first-order valence-corrected chi connectivity index (χ1v) is 11.7. The molecule has 5 atom stereocenters. The van der Waals surface area contributed by atoms with E-state index in [0.717, 1.165) is 0 Å². The van der Waals surface area contributed by atoms with Gasteiger partial charge in [-0.15, -0.1) is 0 Å². The van der Waals surface area contributed by atoms with E-state index in [9.17, 15) is 28.8 Å². The highest BCUT2D eigenvalue weighted by Gasteiger charge is 2.29. The van der Waals surface area contributed by atoms with Gasteiger partial charge in [-0.3, -0.25) is 24.0 Å². The van der Waals surface area contributed by atoms with Crippen molar-refractivity contribution in [1.82, 2.24) is 21.3 Å². The standard InChI is InChI=1S/C22H39N5O9/c1-5-12(4)18(23)21(34)26-13(6-7-17(30)31)19(32)24-9-16(29)25-14(8-11(2)3)20(33)27-15(10-28)22(35)36/h11-15,18,28H,5-10,23H2,1-4H3,(H,24,32)(H,25,29)(H,26,34)(H,27,33)(H,30,31)(H,35,36)/t12-,13-,14-,15-,18-/m0/s1. The van der Waals surface area contributed by atoms with E-state index >= 15 is 0 Å².